The number of carboxylic acid groups (broad SMARTS) is 1. The summed E-state index contributed by atoms with van der Waals surface area (Å²) in [7, 11) is 0. The molecule has 2 rings (SSSR count). The van der Waals surface area contributed by atoms with Crippen LogP contribution in [0.1, 0.15) is 44.2 Å². The molecule has 2 N–H and O–H groups in total. The molecule has 1 aromatic rings. The van der Waals surface area contributed by atoms with Crippen molar-refractivity contribution in [2.75, 3.05) is 0 Å². The van der Waals surface area contributed by atoms with E-state index in [9.17, 15) is 9.59 Å². The number of rotatable bonds is 4. The lowest BCUT2D eigenvalue weighted by molar-refractivity contribution is -0.144. The van der Waals surface area contributed by atoms with Gasteiger partial charge >= 0.3 is 5.97 Å². The Kier molecular flexibility index (Phi) is 5.70. The van der Waals surface area contributed by atoms with Crippen LogP contribution in [-0.4, -0.2) is 17.0 Å². The summed E-state index contributed by atoms with van der Waals surface area (Å²) in [4.78, 5) is 23.3. The number of benzene rings is 1. The molecule has 4 nitrogen and oxygen atoms in total. The molecular weight excluding hydrogens is 325 g/mol. The number of hydrogen-bond donors (Lipinski definition) is 2. The molecule has 0 radical (unpaired) electrons. The summed E-state index contributed by atoms with van der Waals surface area (Å²) in [5.74, 6) is -1.26. The maximum atomic E-state index is 12.3. The van der Waals surface area contributed by atoms with Crippen molar-refractivity contribution in [1.29, 1.82) is 0 Å². The summed E-state index contributed by atoms with van der Waals surface area (Å²) < 4.78 is 0. The van der Waals surface area contributed by atoms with Crippen molar-refractivity contribution >= 4 is 35.1 Å². The van der Waals surface area contributed by atoms with E-state index in [1.54, 1.807) is 18.2 Å². The third-order valence-corrected chi connectivity index (χ3v) is 4.81. The lowest BCUT2D eigenvalue weighted by Gasteiger charge is -2.27. The quantitative estimate of drug-likeness (QED) is 0.866. The molecule has 1 fully saturated rings. The predicted octanol–water partition coefficient (Wildman–Crippen LogP) is 4.06. The molecule has 0 aliphatic heterocycles. The van der Waals surface area contributed by atoms with E-state index in [2.05, 4.69) is 5.32 Å². The molecule has 6 heteroatoms. The Balaban J connectivity index is 1.94. The maximum absolute atomic E-state index is 12.3. The molecule has 0 saturated heterocycles. The van der Waals surface area contributed by atoms with E-state index in [4.69, 9.17) is 28.3 Å². The monoisotopic (exact) mass is 343 g/mol. The van der Waals surface area contributed by atoms with Crippen molar-refractivity contribution in [3.05, 3.63) is 33.8 Å². The Labute approximate surface area is 139 Å². The van der Waals surface area contributed by atoms with Crippen molar-refractivity contribution < 1.29 is 14.7 Å². The average Bonchev–Trinajstić information content (AvgIpc) is 2.49. The van der Waals surface area contributed by atoms with Crippen molar-refractivity contribution in [1.82, 2.24) is 5.32 Å². The first-order chi connectivity index (χ1) is 10.4. The Morgan fingerprint density at radius 3 is 2.36 bits per heavy atom. The highest BCUT2D eigenvalue weighted by atomic mass is 35.5. The summed E-state index contributed by atoms with van der Waals surface area (Å²) in [5.41, 5.74) is 0.779. The summed E-state index contributed by atoms with van der Waals surface area (Å²) in [6.45, 7) is 1.86. The maximum Gasteiger partial charge on any atom is 0.306 e. The van der Waals surface area contributed by atoms with E-state index in [1.165, 1.54) is 0 Å². The zero-order valence-electron chi connectivity index (χ0n) is 12.3. The van der Waals surface area contributed by atoms with Gasteiger partial charge < -0.3 is 10.4 Å². The summed E-state index contributed by atoms with van der Waals surface area (Å²) in [6, 6.07) is 4.92. The zero-order chi connectivity index (χ0) is 16.3. The highest BCUT2D eigenvalue weighted by Gasteiger charge is 2.30. The van der Waals surface area contributed by atoms with E-state index >= 15 is 0 Å². The molecule has 1 aliphatic rings. The van der Waals surface area contributed by atoms with Crippen LogP contribution in [0.4, 0.5) is 0 Å². The minimum absolute atomic E-state index is 0.0487. The van der Waals surface area contributed by atoms with Crippen LogP contribution >= 0.6 is 23.2 Å². The lowest BCUT2D eigenvalue weighted by Crippen LogP contribution is -2.35. The topological polar surface area (TPSA) is 66.4 Å². The molecule has 1 aromatic carbocycles. The Hall–Kier alpha value is -1.26. The fourth-order valence-corrected chi connectivity index (χ4v) is 3.32. The van der Waals surface area contributed by atoms with Gasteiger partial charge in [0.15, 0.2) is 0 Å². The largest absolute Gasteiger partial charge is 0.481 e. The van der Waals surface area contributed by atoms with Crippen LogP contribution in [0.3, 0.4) is 0 Å². The number of nitrogens with one attached hydrogen (secondary N) is 1. The van der Waals surface area contributed by atoms with Crippen molar-refractivity contribution in [2.45, 2.75) is 38.6 Å². The number of carbonyl (C=O) groups is 2. The molecular formula is C16H19Cl2NO3. The van der Waals surface area contributed by atoms with E-state index in [-0.39, 0.29) is 23.8 Å². The van der Waals surface area contributed by atoms with Gasteiger partial charge in [0.2, 0.25) is 5.91 Å². The molecule has 120 valence electrons. The van der Waals surface area contributed by atoms with Gasteiger partial charge in [-0.2, -0.15) is 0 Å². The molecule has 0 aromatic heterocycles. The molecule has 22 heavy (non-hydrogen) atoms. The fourth-order valence-electron chi connectivity index (χ4n) is 2.86. The Bertz CT molecular complexity index is 569. The molecule has 0 heterocycles. The zero-order valence-corrected chi connectivity index (χ0v) is 13.8. The van der Waals surface area contributed by atoms with Crippen molar-refractivity contribution in [2.24, 2.45) is 11.8 Å². The van der Waals surface area contributed by atoms with Crippen LogP contribution in [0.2, 0.25) is 10.0 Å². The van der Waals surface area contributed by atoms with Gasteiger partial charge in [-0.15, -0.1) is 0 Å². The Morgan fingerprint density at radius 2 is 1.77 bits per heavy atom. The molecule has 1 aliphatic carbocycles. The van der Waals surface area contributed by atoms with Crippen molar-refractivity contribution in [3.8, 4) is 0 Å². The standard InChI is InChI=1S/C16H19Cl2NO3/c1-9(13-8-12(17)6-7-14(13)18)19-15(20)10-2-4-11(5-3-10)16(21)22/h6-11H,2-5H2,1H3,(H,19,20)(H,21,22). The molecule has 0 spiro atoms. The van der Waals surface area contributed by atoms with Crippen LogP contribution in [-0.2, 0) is 9.59 Å². The highest BCUT2D eigenvalue weighted by Crippen LogP contribution is 2.31. The smallest absolute Gasteiger partial charge is 0.306 e. The van der Waals surface area contributed by atoms with Crippen LogP contribution in [0.5, 0.6) is 0 Å². The molecule has 1 unspecified atom stereocenters. The van der Waals surface area contributed by atoms with Crippen LogP contribution < -0.4 is 5.32 Å². The first-order valence-electron chi connectivity index (χ1n) is 7.36. The summed E-state index contributed by atoms with van der Waals surface area (Å²) in [6.07, 6.45) is 2.33. The second-order valence-corrected chi connectivity index (χ2v) is 6.63. The second kappa shape index (κ2) is 7.34. The van der Waals surface area contributed by atoms with Gasteiger partial charge in [-0.25, -0.2) is 0 Å². The first kappa shape index (κ1) is 17.1. The SMILES string of the molecule is CC(NC(=O)C1CCC(C(=O)O)CC1)c1cc(Cl)ccc1Cl. The summed E-state index contributed by atoms with van der Waals surface area (Å²) >= 11 is 12.1. The van der Waals surface area contributed by atoms with Crippen LogP contribution in [0.15, 0.2) is 18.2 Å². The van der Waals surface area contributed by atoms with Gasteiger partial charge in [-0.05, 0) is 56.4 Å². The van der Waals surface area contributed by atoms with Gasteiger partial charge in [0.1, 0.15) is 0 Å². The first-order valence-corrected chi connectivity index (χ1v) is 8.12. The average molecular weight is 344 g/mol. The number of hydrogen-bond acceptors (Lipinski definition) is 2. The minimum Gasteiger partial charge on any atom is -0.481 e. The van der Waals surface area contributed by atoms with E-state index in [0.717, 1.165) is 5.56 Å². The minimum atomic E-state index is -0.766. The van der Waals surface area contributed by atoms with Gasteiger partial charge in [-0.3, -0.25) is 9.59 Å². The third kappa shape index (κ3) is 4.14. The molecule has 1 amide bonds. The molecule has 0 bridgehead atoms. The van der Waals surface area contributed by atoms with Gasteiger partial charge in [0.05, 0.1) is 12.0 Å². The van der Waals surface area contributed by atoms with E-state index in [1.807, 2.05) is 6.92 Å². The Morgan fingerprint density at radius 1 is 1.18 bits per heavy atom. The normalized spacial score (nSPS) is 22.9. The predicted molar refractivity (Wildman–Crippen MR) is 86.1 cm³/mol. The highest BCUT2D eigenvalue weighted by molar-refractivity contribution is 6.33. The number of carboxylic acids is 1. The van der Waals surface area contributed by atoms with E-state index in [0.29, 0.717) is 35.7 Å². The van der Waals surface area contributed by atoms with Gasteiger partial charge in [0, 0.05) is 16.0 Å². The van der Waals surface area contributed by atoms with Crippen LogP contribution in [0, 0.1) is 11.8 Å². The fraction of sp³-hybridized carbons (Fsp3) is 0.500. The number of amides is 1. The van der Waals surface area contributed by atoms with Crippen LogP contribution in [0.25, 0.3) is 0 Å². The van der Waals surface area contributed by atoms with Crippen molar-refractivity contribution in [3.63, 3.8) is 0 Å². The van der Waals surface area contributed by atoms with Gasteiger partial charge in [-0.1, -0.05) is 23.2 Å². The number of halogens is 2. The molecule has 1 saturated carbocycles. The van der Waals surface area contributed by atoms with Gasteiger partial charge in [0.25, 0.3) is 0 Å². The lowest BCUT2D eigenvalue weighted by atomic mass is 9.81. The number of aliphatic carboxylic acids is 1. The third-order valence-electron chi connectivity index (χ3n) is 4.23. The van der Waals surface area contributed by atoms with E-state index < -0.39 is 5.97 Å². The summed E-state index contributed by atoms with van der Waals surface area (Å²) in [5, 5.41) is 13.1. The second-order valence-electron chi connectivity index (χ2n) is 5.78. The number of carbonyl (C=O) groups excluding carboxylic acids is 1. The molecule has 1 atom stereocenters.